The summed E-state index contributed by atoms with van der Waals surface area (Å²) in [4.78, 5) is 0.495. The summed E-state index contributed by atoms with van der Waals surface area (Å²) in [6.07, 6.45) is -4.60. The van der Waals surface area contributed by atoms with E-state index in [2.05, 4.69) is 0 Å². The van der Waals surface area contributed by atoms with Crippen molar-refractivity contribution in [2.45, 2.75) is 24.6 Å². The highest BCUT2D eigenvalue weighted by molar-refractivity contribution is 7.89. The van der Waals surface area contributed by atoms with Gasteiger partial charge in [0, 0.05) is 9.75 Å². The summed E-state index contributed by atoms with van der Waals surface area (Å²) in [5.41, 5.74) is 0. The van der Waals surface area contributed by atoms with Crippen LogP contribution in [0.5, 0.6) is 0 Å². The van der Waals surface area contributed by atoms with Crippen LogP contribution < -0.4 is 4.72 Å². The van der Waals surface area contributed by atoms with Gasteiger partial charge in [0.2, 0.25) is 10.0 Å². The number of nitrogens with one attached hydrogen (secondary N) is 1. The molecule has 2 N–H and O–H groups in total. The van der Waals surface area contributed by atoms with Gasteiger partial charge in [-0.1, -0.05) is 0 Å². The summed E-state index contributed by atoms with van der Waals surface area (Å²) >= 11 is 1.02. The largest absolute Gasteiger partial charge is 0.402 e. The van der Waals surface area contributed by atoms with E-state index in [0.29, 0.717) is 9.75 Å². The van der Waals surface area contributed by atoms with E-state index in [9.17, 15) is 21.6 Å². The van der Waals surface area contributed by atoms with Crippen LogP contribution >= 0.6 is 11.3 Å². The Bertz CT molecular complexity index is 493. The van der Waals surface area contributed by atoms with Crippen molar-refractivity contribution in [2.24, 2.45) is 0 Å². The standard InChI is InChI=1S/C8H10F3NO3S2/c1-5-7(2-6(3-13)16-5)17(14,15)12-4-8(9,10)11/h2,12-13H,3-4H2,1H3. The molecular formula is C8H10F3NO3S2. The van der Waals surface area contributed by atoms with Crippen molar-refractivity contribution in [3.05, 3.63) is 15.8 Å². The molecule has 0 spiro atoms. The summed E-state index contributed by atoms with van der Waals surface area (Å²) < 4.78 is 60.3. The molecule has 0 radical (unpaired) electrons. The fraction of sp³-hybridized carbons (Fsp3) is 0.500. The van der Waals surface area contributed by atoms with E-state index in [0.717, 1.165) is 11.3 Å². The molecule has 0 fully saturated rings. The van der Waals surface area contributed by atoms with Gasteiger partial charge in [-0.15, -0.1) is 11.3 Å². The second kappa shape index (κ2) is 4.92. The zero-order valence-electron chi connectivity index (χ0n) is 8.71. The van der Waals surface area contributed by atoms with Crippen molar-refractivity contribution in [1.82, 2.24) is 4.72 Å². The van der Waals surface area contributed by atoms with Crippen LogP contribution in [0.4, 0.5) is 13.2 Å². The second-order valence-corrected chi connectivity index (χ2v) is 6.31. The number of thiophene rings is 1. The van der Waals surface area contributed by atoms with Gasteiger partial charge in [-0.25, -0.2) is 13.1 Å². The first-order chi connectivity index (χ1) is 7.65. The molecule has 17 heavy (non-hydrogen) atoms. The second-order valence-electron chi connectivity index (χ2n) is 3.23. The molecule has 1 aromatic rings. The van der Waals surface area contributed by atoms with Crippen molar-refractivity contribution in [3.8, 4) is 0 Å². The zero-order chi connectivity index (χ0) is 13.3. The molecule has 4 nitrogen and oxygen atoms in total. The van der Waals surface area contributed by atoms with Crippen LogP contribution in [0.25, 0.3) is 0 Å². The van der Waals surface area contributed by atoms with Gasteiger partial charge in [0.25, 0.3) is 0 Å². The molecule has 0 aliphatic rings. The van der Waals surface area contributed by atoms with Crippen molar-refractivity contribution < 1.29 is 26.7 Å². The lowest BCUT2D eigenvalue weighted by Gasteiger charge is -2.08. The van der Waals surface area contributed by atoms with Crippen molar-refractivity contribution in [1.29, 1.82) is 0 Å². The van der Waals surface area contributed by atoms with Crippen LogP contribution in [0.15, 0.2) is 11.0 Å². The third-order valence-electron chi connectivity index (χ3n) is 1.83. The Morgan fingerprint density at radius 3 is 2.47 bits per heavy atom. The Balaban J connectivity index is 2.93. The average Bonchev–Trinajstić information content (AvgIpc) is 2.57. The van der Waals surface area contributed by atoms with Crippen LogP contribution in [0.2, 0.25) is 0 Å². The fourth-order valence-electron chi connectivity index (χ4n) is 1.12. The Kier molecular flexibility index (Phi) is 4.18. The summed E-state index contributed by atoms with van der Waals surface area (Å²) in [5, 5.41) is 8.82. The highest BCUT2D eigenvalue weighted by atomic mass is 32.2. The molecule has 0 unspecified atom stereocenters. The molecule has 0 amide bonds. The van der Waals surface area contributed by atoms with Gasteiger partial charge in [-0.3, -0.25) is 0 Å². The van der Waals surface area contributed by atoms with E-state index in [-0.39, 0.29) is 11.5 Å². The van der Waals surface area contributed by atoms with Gasteiger partial charge in [-0.05, 0) is 13.0 Å². The highest BCUT2D eigenvalue weighted by Crippen LogP contribution is 2.26. The first-order valence-corrected chi connectivity index (χ1v) is 6.72. The first kappa shape index (κ1) is 14.4. The Labute approximate surface area is 100 Å². The minimum atomic E-state index is -4.60. The van der Waals surface area contributed by atoms with E-state index < -0.39 is 22.7 Å². The third-order valence-corrected chi connectivity index (χ3v) is 4.52. The molecular weight excluding hydrogens is 279 g/mol. The molecule has 0 saturated carbocycles. The number of aryl methyl sites for hydroxylation is 1. The average molecular weight is 289 g/mol. The molecule has 0 saturated heterocycles. The first-order valence-electron chi connectivity index (χ1n) is 4.42. The minimum Gasteiger partial charge on any atom is -0.391 e. The van der Waals surface area contributed by atoms with Crippen LogP contribution in [0.3, 0.4) is 0 Å². The topological polar surface area (TPSA) is 66.4 Å². The van der Waals surface area contributed by atoms with Gasteiger partial charge in [0.1, 0.15) is 6.54 Å². The highest BCUT2D eigenvalue weighted by Gasteiger charge is 2.31. The van der Waals surface area contributed by atoms with E-state index in [1.165, 1.54) is 17.7 Å². The molecule has 0 aromatic carbocycles. The zero-order valence-corrected chi connectivity index (χ0v) is 10.3. The molecule has 0 aliphatic carbocycles. The SMILES string of the molecule is Cc1sc(CO)cc1S(=O)(=O)NCC(F)(F)F. The fourth-order valence-corrected chi connectivity index (χ4v) is 3.63. The predicted octanol–water partition coefficient (Wildman–Crippen LogP) is 1.39. The smallest absolute Gasteiger partial charge is 0.391 e. The number of hydrogen-bond donors (Lipinski definition) is 2. The van der Waals surface area contributed by atoms with Crippen molar-refractivity contribution in [2.75, 3.05) is 6.54 Å². The van der Waals surface area contributed by atoms with E-state index in [1.54, 1.807) is 0 Å². The van der Waals surface area contributed by atoms with Crippen molar-refractivity contribution >= 4 is 21.4 Å². The molecule has 1 aromatic heterocycles. The number of halogens is 3. The monoisotopic (exact) mass is 289 g/mol. The molecule has 1 heterocycles. The normalized spacial score (nSPS) is 13.0. The van der Waals surface area contributed by atoms with E-state index in [1.807, 2.05) is 0 Å². The number of rotatable bonds is 4. The minimum absolute atomic E-state index is 0.226. The van der Waals surface area contributed by atoms with Gasteiger partial charge in [-0.2, -0.15) is 13.2 Å². The molecule has 98 valence electrons. The lowest BCUT2D eigenvalue weighted by atomic mass is 10.4. The van der Waals surface area contributed by atoms with Crippen LogP contribution in [0.1, 0.15) is 9.75 Å². The number of alkyl halides is 3. The number of aliphatic hydroxyl groups excluding tert-OH is 1. The third kappa shape index (κ3) is 3.95. The molecule has 0 atom stereocenters. The Morgan fingerprint density at radius 2 is 2.06 bits per heavy atom. The number of hydrogen-bond acceptors (Lipinski definition) is 4. The summed E-state index contributed by atoms with van der Waals surface area (Å²) in [6.45, 7) is -0.495. The van der Waals surface area contributed by atoms with Gasteiger partial charge in [0.15, 0.2) is 0 Å². The van der Waals surface area contributed by atoms with Crippen LogP contribution in [-0.4, -0.2) is 26.2 Å². The van der Waals surface area contributed by atoms with Crippen LogP contribution in [-0.2, 0) is 16.6 Å². The molecule has 0 bridgehead atoms. The van der Waals surface area contributed by atoms with Crippen molar-refractivity contribution in [3.63, 3.8) is 0 Å². The molecule has 1 rings (SSSR count). The molecule has 9 heteroatoms. The van der Waals surface area contributed by atoms with Gasteiger partial charge in [0.05, 0.1) is 11.5 Å². The lowest BCUT2D eigenvalue weighted by molar-refractivity contribution is -0.121. The number of aliphatic hydroxyl groups is 1. The maximum Gasteiger partial charge on any atom is 0.402 e. The van der Waals surface area contributed by atoms with Gasteiger partial charge >= 0.3 is 6.18 Å². The van der Waals surface area contributed by atoms with E-state index >= 15 is 0 Å². The predicted molar refractivity (Wildman–Crippen MR) is 56.2 cm³/mol. The van der Waals surface area contributed by atoms with Gasteiger partial charge < -0.3 is 5.11 Å². The summed E-state index contributed by atoms with van der Waals surface area (Å²) in [6, 6.07) is 1.17. The number of sulfonamides is 1. The van der Waals surface area contributed by atoms with E-state index in [4.69, 9.17) is 5.11 Å². The quantitative estimate of drug-likeness (QED) is 0.880. The Hall–Kier alpha value is -0.640. The summed E-state index contributed by atoms with van der Waals surface area (Å²) in [5.74, 6) is 0. The molecule has 0 aliphatic heterocycles. The lowest BCUT2D eigenvalue weighted by Crippen LogP contribution is -2.33. The maximum absolute atomic E-state index is 11.9. The maximum atomic E-state index is 11.9. The Morgan fingerprint density at radius 1 is 1.47 bits per heavy atom. The summed E-state index contributed by atoms with van der Waals surface area (Å²) in [7, 11) is -4.18. The van der Waals surface area contributed by atoms with Crippen LogP contribution in [0, 0.1) is 6.92 Å².